The van der Waals surface area contributed by atoms with Gasteiger partial charge in [-0.05, 0) is 12.0 Å². The third kappa shape index (κ3) is 7.19. The number of nitrogens with zero attached hydrogens (tertiary/aromatic N) is 3. The van der Waals surface area contributed by atoms with Gasteiger partial charge in [0.1, 0.15) is 18.1 Å². The number of rotatable bonds is 5. The smallest absolute Gasteiger partial charge is 0.280 e. The molecule has 8 heteroatoms. The maximum absolute atomic E-state index is 12.4. The van der Waals surface area contributed by atoms with Crippen molar-refractivity contribution in [3.8, 4) is 0 Å². The molecule has 1 heterocycles. The number of aliphatic imine (C=N–C) groups is 1. The van der Waals surface area contributed by atoms with Gasteiger partial charge >= 0.3 is 0 Å². The van der Waals surface area contributed by atoms with E-state index in [0.29, 0.717) is 12.5 Å². The molecule has 3 N–H and O–H groups in total. The predicted octanol–water partition coefficient (Wildman–Crippen LogP) is 2.09. The minimum absolute atomic E-state index is 0. The van der Waals surface area contributed by atoms with Crippen LogP contribution in [0, 0.1) is 5.92 Å². The van der Waals surface area contributed by atoms with Gasteiger partial charge in [-0.15, -0.1) is 24.0 Å². The van der Waals surface area contributed by atoms with E-state index in [4.69, 9.17) is 5.73 Å². The summed E-state index contributed by atoms with van der Waals surface area (Å²) in [6, 6.07) is 1.18. The number of nitrogens with two attached hydrogens (primary N) is 1. The second-order valence-corrected chi connectivity index (χ2v) is 4.17. The number of alkyl halides is 2. The van der Waals surface area contributed by atoms with E-state index in [9.17, 15) is 8.78 Å². The first kappa shape index (κ1) is 17.9. The van der Waals surface area contributed by atoms with Crippen molar-refractivity contribution in [1.29, 1.82) is 0 Å². The molecule has 0 unspecified atom stereocenters. The molecule has 0 spiro atoms. The summed E-state index contributed by atoms with van der Waals surface area (Å²) >= 11 is 0. The molecule has 0 radical (unpaired) electrons. The van der Waals surface area contributed by atoms with Crippen molar-refractivity contribution < 1.29 is 8.78 Å². The lowest BCUT2D eigenvalue weighted by atomic mass is 10.2. The Labute approximate surface area is 128 Å². The van der Waals surface area contributed by atoms with Crippen LogP contribution >= 0.6 is 24.0 Å². The Balaban J connectivity index is 0.00000324. The van der Waals surface area contributed by atoms with Gasteiger partial charge in [-0.3, -0.25) is 0 Å². The van der Waals surface area contributed by atoms with Crippen LogP contribution in [0.5, 0.6) is 0 Å². The molecule has 0 aliphatic carbocycles. The molecule has 0 aliphatic rings. The maximum atomic E-state index is 12.4. The van der Waals surface area contributed by atoms with Crippen LogP contribution in [-0.4, -0.2) is 22.5 Å². The van der Waals surface area contributed by atoms with Crippen molar-refractivity contribution >= 4 is 29.9 Å². The molecular weight excluding hydrogens is 367 g/mol. The Morgan fingerprint density at radius 3 is 2.74 bits per heavy atom. The molecule has 108 valence electrons. The van der Waals surface area contributed by atoms with Crippen LogP contribution < -0.4 is 11.1 Å². The Bertz CT molecular complexity index is 412. The molecule has 1 aromatic rings. The summed E-state index contributed by atoms with van der Waals surface area (Å²) in [5.41, 5.74) is 5.30. The van der Waals surface area contributed by atoms with Crippen molar-refractivity contribution in [3.05, 3.63) is 23.8 Å². The van der Waals surface area contributed by atoms with Crippen molar-refractivity contribution in [1.82, 2.24) is 15.3 Å². The van der Waals surface area contributed by atoms with Gasteiger partial charge in [0.25, 0.3) is 6.43 Å². The van der Waals surface area contributed by atoms with Gasteiger partial charge in [0.15, 0.2) is 5.96 Å². The van der Waals surface area contributed by atoms with Crippen molar-refractivity contribution in [2.45, 2.75) is 26.8 Å². The largest absolute Gasteiger partial charge is 0.370 e. The number of aromatic nitrogens is 2. The van der Waals surface area contributed by atoms with Crippen LogP contribution in [0.4, 0.5) is 8.78 Å². The summed E-state index contributed by atoms with van der Waals surface area (Å²) in [4.78, 5) is 11.5. The van der Waals surface area contributed by atoms with Gasteiger partial charge in [0.05, 0.1) is 0 Å². The van der Waals surface area contributed by atoms with E-state index in [1.807, 2.05) is 13.8 Å². The molecule has 1 rings (SSSR count). The summed E-state index contributed by atoms with van der Waals surface area (Å²) in [5, 5.41) is 2.91. The van der Waals surface area contributed by atoms with Gasteiger partial charge in [0.2, 0.25) is 0 Å². The van der Waals surface area contributed by atoms with Crippen LogP contribution in [0.15, 0.2) is 17.3 Å². The van der Waals surface area contributed by atoms with E-state index in [1.54, 1.807) is 0 Å². The third-order valence-electron chi connectivity index (χ3n) is 2.03. The quantitative estimate of drug-likeness (QED) is 0.463. The number of halogens is 3. The topological polar surface area (TPSA) is 76.2 Å². The van der Waals surface area contributed by atoms with Gasteiger partial charge in [0, 0.05) is 12.7 Å². The third-order valence-corrected chi connectivity index (χ3v) is 2.03. The van der Waals surface area contributed by atoms with E-state index >= 15 is 0 Å². The summed E-state index contributed by atoms with van der Waals surface area (Å²) in [6.07, 6.45) is -1.32. The van der Waals surface area contributed by atoms with Crippen LogP contribution in [0.3, 0.4) is 0 Å². The second kappa shape index (κ2) is 8.94. The van der Waals surface area contributed by atoms with Crippen molar-refractivity contribution in [3.63, 3.8) is 0 Å². The first-order chi connectivity index (χ1) is 8.49. The molecule has 0 saturated heterocycles. The highest BCUT2D eigenvalue weighted by molar-refractivity contribution is 14.0. The van der Waals surface area contributed by atoms with Crippen LogP contribution in [0.2, 0.25) is 0 Å². The fraction of sp³-hybridized carbons (Fsp3) is 0.545. The maximum Gasteiger partial charge on any atom is 0.280 e. The minimum Gasteiger partial charge on any atom is -0.370 e. The normalized spacial score (nSPS) is 11.6. The summed E-state index contributed by atoms with van der Waals surface area (Å²) in [5.74, 6) is 0.925. The highest BCUT2D eigenvalue weighted by Gasteiger charge is 2.09. The predicted molar refractivity (Wildman–Crippen MR) is 80.6 cm³/mol. The first-order valence-corrected chi connectivity index (χ1v) is 5.62. The number of hydrogen-bond donors (Lipinski definition) is 2. The Morgan fingerprint density at radius 1 is 1.47 bits per heavy atom. The zero-order valence-corrected chi connectivity index (χ0v) is 13.1. The molecule has 19 heavy (non-hydrogen) atoms. The van der Waals surface area contributed by atoms with Crippen LogP contribution in [0.1, 0.15) is 31.8 Å². The molecule has 5 nitrogen and oxygen atoms in total. The monoisotopic (exact) mass is 385 g/mol. The summed E-state index contributed by atoms with van der Waals surface area (Å²) < 4.78 is 24.8. The minimum atomic E-state index is -2.60. The van der Waals surface area contributed by atoms with Gasteiger partial charge in [-0.1, -0.05) is 13.8 Å². The van der Waals surface area contributed by atoms with E-state index in [1.165, 1.54) is 12.3 Å². The van der Waals surface area contributed by atoms with Crippen LogP contribution in [0.25, 0.3) is 0 Å². The lowest BCUT2D eigenvalue weighted by molar-refractivity contribution is 0.145. The Kier molecular flexibility index (Phi) is 8.44. The van der Waals surface area contributed by atoms with Crippen molar-refractivity contribution in [2.24, 2.45) is 16.6 Å². The average molecular weight is 385 g/mol. The Morgan fingerprint density at radius 2 is 2.16 bits per heavy atom. The molecule has 0 amide bonds. The fourth-order valence-corrected chi connectivity index (χ4v) is 1.13. The molecule has 1 aromatic heterocycles. The summed E-state index contributed by atoms with van der Waals surface area (Å²) in [7, 11) is 0. The van der Waals surface area contributed by atoms with E-state index in [-0.39, 0.29) is 48.0 Å². The second-order valence-electron chi connectivity index (χ2n) is 4.17. The van der Waals surface area contributed by atoms with Gasteiger partial charge < -0.3 is 11.1 Å². The lowest BCUT2D eigenvalue weighted by Crippen LogP contribution is -2.34. The zero-order chi connectivity index (χ0) is 13.5. The zero-order valence-electron chi connectivity index (χ0n) is 10.8. The van der Waals surface area contributed by atoms with Crippen molar-refractivity contribution in [2.75, 3.05) is 6.54 Å². The first-order valence-electron chi connectivity index (χ1n) is 5.62. The molecular formula is C11H18F2IN5. The molecule has 0 saturated carbocycles. The fourth-order valence-electron chi connectivity index (χ4n) is 1.13. The molecule has 0 aliphatic heterocycles. The summed E-state index contributed by atoms with van der Waals surface area (Å²) in [6.45, 7) is 4.86. The average Bonchev–Trinajstić information content (AvgIpc) is 2.34. The van der Waals surface area contributed by atoms with E-state index in [2.05, 4.69) is 20.3 Å². The molecule has 0 bridgehead atoms. The standard InChI is InChI=1S/C11H17F2N5.HI/c1-7(2)5-16-11(14)17-6-9-15-4-3-8(18-9)10(12)13;/h3-4,7,10H,5-6H2,1-2H3,(H3,14,16,17);1H. The molecule has 0 atom stereocenters. The highest BCUT2D eigenvalue weighted by atomic mass is 127. The number of nitrogens with one attached hydrogen (secondary N) is 1. The van der Waals surface area contributed by atoms with Gasteiger partial charge in [-0.25, -0.2) is 23.7 Å². The van der Waals surface area contributed by atoms with Gasteiger partial charge in [-0.2, -0.15) is 0 Å². The molecule has 0 fully saturated rings. The lowest BCUT2D eigenvalue weighted by Gasteiger charge is -2.07. The van der Waals surface area contributed by atoms with E-state index in [0.717, 1.165) is 0 Å². The number of hydrogen-bond acceptors (Lipinski definition) is 3. The van der Waals surface area contributed by atoms with E-state index < -0.39 is 6.43 Å². The highest BCUT2D eigenvalue weighted by Crippen LogP contribution is 2.15. The molecule has 0 aromatic carbocycles. The Hall–Kier alpha value is -1.06. The SMILES string of the molecule is CC(C)CNC(N)=NCc1nccc(C(F)F)n1.I. The number of guanidine groups is 1. The van der Waals surface area contributed by atoms with Crippen LogP contribution in [-0.2, 0) is 6.54 Å².